The minimum Gasteiger partial charge on any atom is -0.360 e. The molecule has 2 amide bonds. The topological polar surface area (TPSA) is 128 Å². The Labute approximate surface area is 168 Å². The van der Waals surface area contributed by atoms with E-state index >= 15 is 0 Å². The molecule has 0 unspecified atom stereocenters. The lowest BCUT2D eigenvalue weighted by atomic mass is 10.1. The summed E-state index contributed by atoms with van der Waals surface area (Å²) in [5.41, 5.74) is 1.14. The standard InChI is InChI=1S/C18H15N7O3S/c1-11-9-15(23-28-11)20-16(26)10-25-22-17(21-24-25)12-5-2-3-6-13(12)19-18(27)14-7-4-8-29-14/h2-9H,10H2,1H3,(H,19,27)(H,20,23,26). The first-order valence-electron chi connectivity index (χ1n) is 8.54. The summed E-state index contributed by atoms with van der Waals surface area (Å²) in [6.07, 6.45) is 0. The first-order valence-corrected chi connectivity index (χ1v) is 9.42. The van der Waals surface area contributed by atoms with Gasteiger partial charge in [0.25, 0.3) is 5.91 Å². The molecule has 0 atom stereocenters. The average molecular weight is 409 g/mol. The second-order valence-electron chi connectivity index (χ2n) is 5.99. The highest BCUT2D eigenvalue weighted by Gasteiger charge is 2.15. The Bertz CT molecular complexity index is 1150. The molecule has 0 saturated carbocycles. The summed E-state index contributed by atoms with van der Waals surface area (Å²) in [6.45, 7) is 1.57. The Morgan fingerprint density at radius 2 is 2.03 bits per heavy atom. The zero-order valence-electron chi connectivity index (χ0n) is 15.2. The summed E-state index contributed by atoms with van der Waals surface area (Å²) in [5, 5.41) is 23.1. The van der Waals surface area contributed by atoms with Gasteiger partial charge in [0.2, 0.25) is 11.7 Å². The molecule has 0 spiro atoms. The van der Waals surface area contributed by atoms with E-state index in [1.165, 1.54) is 11.3 Å². The van der Waals surface area contributed by atoms with Crippen LogP contribution in [-0.4, -0.2) is 37.2 Å². The number of hydrogen-bond acceptors (Lipinski definition) is 8. The Morgan fingerprint density at radius 3 is 2.79 bits per heavy atom. The maximum Gasteiger partial charge on any atom is 0.265 e. The van der Waals surface area contributed by atoms with E-state index in [4.69, 9.17) is 4.52 Å². The number of hydrogen-bond donors (Lipinski definition) is 2. The van der Waals surface area contributed by atoms with Crippen LogP contribution in [0.5, 0.6) is 0 Å². The molecule has 3 heterocycles. The molecule has 29 heavy (non-hydrogen) atoms. The van der Waals surface area contributed by atoms with Gasteiger partial charge in [-0.2, -0.15) is 4.80 Å². The third-order valence-corrected chi connectivity index (χ3v) is 4.66. The predicted octanol–water partition coefficient (Wildman–Crippen LogP) is 2.59. The van der Waals surface area contributed by atoms with Crippen LogP contribution in [0.3, 0.4) is 0 Å². The number of carbonyl (C=O) groups excluding carboxylic acids is 2. The van der Waals surface area contributed by atoms with Crippen LogP contribution in [0.2, 0.25) is 0 Å². The van der Waals surface area contributed by atoms with Crippen molar-refractivity contribution in [2.45, 2.75) is 13.5 Å². The van der Waals surface area contributed by atoms with E-state index in [1.54, 1.807) is 43.3 Å². The smallest absolute Gasteiger partial charge is 0.265 e. The first-order chi connectivity index (χ1) is 14.1. The SMILES string of the molecule is Cc1cc(NC(=O)Cn2nnc(-c3ccccc3NC(=O)c3cccs3)n2)no1. The lowest BCUT2D eigenvalue weighted by molar-refractivity contribution is -0.117. The van der Waals surface area contributed by atoms with Crippen molar-refractivity contribution in [2.75, 3.05) is 10.6 Å². The molecule has 2 N–H and O–H groups in total. The van der Waals surface area contributed by atoms with Crippen molar-refractivity contribution in [3.8, 4) is 11.4 Å². The number of aromatic nitrogens is 5. The van der Waals surface area contributed by atoms with Crippen LogP contribution in [0.4, 0.5) is 11.5 Å². The van der Waals surface area contributed by atoms with E-state index < -0.39 is 0 Å². The fraction of sp³-hybridized carbons (Fsp3) is 0.111. The number of benzene rings is 1. The van der Waals surface area contributed by atoms with Crippen LogP contribution < -0.4 is 10.6 Å². The third-order valence-electron chi connectivity index (χ3n) is 3.79. The molecule has 0 aliphatic carbocycles. The van der Waals surface area contributed by atoms with Gasteiger partial charge in [0.15, 0.2) is 5.82 Å². The summed E-state index contributed by atoms with van der Waals surface area (Å²) < 4.78 is 4.90. The van der Waals surface area contributed by atoms with Crippen molar-refractivity contribution in [1.82, 2.24) is 25.4 Å². The monoisotopic (exact) mass is 409 g/mol. The second-order valence-corrected chi connectivity index (χ2v) is 6.94. The van der Waals surface area contributed by atoms with Gasteiger partial charge in [0, 0.05) is 11.6 Å². The number of aryl methyl sites for hydroxylation is 1. The maximum atomic E-state index is 12.4. The molecule has 0 radical (unpaired) electrons. The summed E-state index contributed by atoms with van der Waals surface area (Å²) >= 11 is 1.35. The predicted molar refractivity (Wildman–Crippen MR) is 105 cm³/mol. The Kier molecular flexibility index (Phi) is 5.12. The van der Waals surface area contributed by atoms with Crippen LogP contribution in [0.15, 0.2) is 52.4 Å². The molecule has 0 aliphatic heterocycles. The Balaban J connectivity index is 1.48. The summed E-state index contributed by atoms with van der Waals surface area (Å²) in [4.78, 5) is 26.2. The first kappa shape index (κ1) is 18.5. The van der Waals surface area contributed by atoms with Crippen molar-refractivity contribution >= 4 is 34.7 Å². The van der Waals surface area contributed by atoms with Gasteiger partial charge in [0.1, 0.15) is 12.3 Å². The molecule has 4 aromatic rings. The molecule has 0 fully saturated rings. The molecular weight excluding hydrogens is 394 g/mol. The van der Waals surface area contributed by atoms with E-state index in [0.717, 1.165) is 4.80 Å². The number of para-hydroxylation sites is 1. The normalized spacial score (nSPS) is 10.7. The highest BCUT2D eigenvalue weighted by molar-refractivity contribution is 7.12. The van der Waals surface area contributed by atoms with E-state index in [0.29, 0.717) is 27.7 Å². The van der Waals surface area contributed by atoms with Crippen LogP contribution in [-0.2, 0) is 11.3 Å². The number of rotatable bonds is 6. The number of amides is 2. The highest BCUT2D eigenvalue weighted by atomic mass is 32.1. The molecule has 0 bridgehead atoms. The van der Waals surface area contributed by atoms with Gasteiger partial charge in [-0.05, 0) is 35.7 Å². The number of nitrogens with zero attached hydrogens (tertiary/aromatic N) is 5. The molecule has 1 aromatic carbocycles. The van der Waals surface area contributed by atoms with Crippen LogP contribution in [0.25, 0.3) is 11.4 Å². The zero-order chi connectivity index (χ0) is 20.2. The van der Waals surface area contributed by atoms with Crippen LogP contribution in [0, 0.1) is 6.92 Å². The fourth-order valence-corrected chi connectivity index (χ4v) is 3.15. The van der Waals surface area contributed by atoms with E-state index in [1.807, 2.05) is 11.4 Å². The van der Waals surface area contributed by atoms with Gasteiger partial charge in [0.05, 0.1) is 10.6 Å². The summed E-state index contributed by atoms with van der Waals surface area (Å²) in [7, 11) is 0. The average Bonchev–Trinajstić information content (AvgIpc) is 3.45. The van der Waals surface area contributed by atoms with Crippen molar-refractivity contribution < 1.29 is 14.1 Å². The molecule has 11 heteroatoms. The van der Waals surface area contributed by atoms with Crippen molar-refractivity contribution in [3.63, 3.8) is 0 Å². The quantitative estimate of drug-likeness (QED) is 0.501. The molecule has 10 nitrogen and oxygen atoms in total. The van der Waals surface area contributed by atoms with Crippen LogP contribution >= 0.6 is 11.3 Å². The van der Waals surface area contributed by atoms with Gasteiger partial charge in [-0.1, -0.05) is 23.4 Å². The molecule has 3 aromatic heterocycles. The molecule has 4 rings (SSSR count). The van der Waals surface area contributed by atoms with E-state index in [-0.39, 0.29) is 24.2 Å². The van der Waals surface area contributed by atoms with Gasteiger partial charge >= 0.3 is 0 Å². The minimum atomic E-state index is -0.374. The van der Waals surface area contributed by atoms with Gasteiger partial charge in [-0.15, -0.1) is 21.5 Å². The van der Waals surface area contributed by atoms with Crippen molar-refractivity contribution in [2.24, 2.45) is 0 Å². The number of thiophene rings is 1. The number of nitrogens with one attached hydrogen (secondary N) is 2. The summed E-state index contributed by atoms with van der Waals surface area (Å²) in [6, 6.07) is 12.3. The number of carbonyl (C=O) groups is 2. The molecule has 0 saturated heterocycles. The van der Waals surface area contributed by atoms with Crippen molar-refractivity contribution in [3.05, 3.63) is 58.5 Å². The minimum absolute atomic E-state index is 0.150. The van der Waals surface area contributed by atoms with Crippen molar-refractivity contribution in [1.29, 1.82) is 0 Å². The van der Waals surface area contributed by atoms with E-state index in [2.05, 4.69) is 31.2 Å². The van der Waals surface area contributed by atoms with Gasteiger partial charge in [-0.25, -0.2) is 0 Å². The van der Waals surface area contributed by atoms with E-state index in [9.17, 15) is 9.59 Å². The number of anilines is 2. The lowest BCUT2D eigenvalue weighted by Crippen LogP contribution is -2.20. The van der Waals surface area contributed by atoms with Crippen LogP contribution in [0.1, 0.15) is 15.4 Å². The highest BCUT2D eigenvalue weighted by Crippen LogP contribution is 2.25. The fourth-order valence-electron chi connectivity index (χ4n) is 2.53. The molecular formula is C18H15N7O3S. The number of tetrazole rings is 1. The Morgan fingerprint density at radius 1 is 1.17 bits per heavy atom. The Hall–Kier alpha value is -3.86. The summed E-state index contributed by atoms with van der Waals surface area (Å²) in [5.74, 6) is 0.595. The second kappa shape index (κ2) is 8.02. The zero-order valence-corrected chi connectivity index (χ0v) is 16.0. The lowest BCUT2D eigenvalue weighted by Gasteiger charge is -2.07. The van der Waals surface area contributed by atoms with Gasteiger partial charge < -0.3 is 15.2 Å². The third kappa shape index (κ3) is 4.35. The van der Waals surface area contributed by atoms with Gasteiger partial charge in [-0.3, -0.25) is 9.59 Å². The molecule has 146 valence electrons. The largest absolute Gasteiger partial charge is 0.360 e. The molecule has 0 aliphatic rings. The maximum absolute atomic E-state index is 12.4.